The molecule has 1 aliphatic rings. The molecule has 0 spiro atoms. The van der Waals surface area contributed by atoms with Gasteiger partial charge in [-0.15, -0.1) is 11.6 Å². The summed E-state index contributed by atoms with van der Waals surface area (Å²) >= 11 is 6.41. The molecule has 1 aromatic heterocycles. The van der Waals surface area contributed by atoms with E-state index in [0.29, 0.717) is 11.5 Å². The minimum atomic E-state index is -0.0564. The number of benzene rings is 1. The van der Waals surface area contributed by atoms with Gasteiger partial charge in [0.2, 0.25) is 0 Å². The highest BCUT2D eigenvalue weighted by molar-refractivity contribution is 6.20. The zero-order chi connectivity index (χ0) is 14.5. The van der Waals surface area contributed by atoms with Gasteiger partial charge in [0.1, 0.15) is 5.82 Å². The van der Waals surface area contributed by atoms with Crippen molar-refractivity contribution in [2.24, 2.45) is 5.41 Å². The number of hydrogen-bond acceptors (Lipinski definition) is 1. The quantitative estimate of drug-likeness (QED) is 0.678. The van der Waals surface area contributed by atoms with Crippen molar-refractivity contribution < 1.29 is 0 Å². The van der Waals surface area contributed by atoms with Crippen LogP contribution in [-0.4, -0.2) is 9.55 Å². The Labute approximate surface area is 126 Å². The summed E-state index contributed by atoms with van der Waals surface area (Å²) in [5.74, 6) is 1.02. The van der Waals surface area contributed by atoms with Crippen LogP contribution in [0.4, 0.5) is 0 Å². The summed E-state index contributed by atoms with van der Waals surface area (Å²) in [5.41, 5.74) is 3.91. The van der Waals surface area contributed by atoms with Crippen molar-refractivity contribution in [3.63, 3.8) is 0 Å². The highest BCUT2D eigenvalue weighted by Gasteiger charge is 2.38. The second-order valence-electron chi connectivity index (χ2n) is 6.84. The second-order valence-corrected chi connectivity index (χ2v) is 7.50. The van der Waals surface area contributed by atoms with E-state index in [1.165, 1.54) is 30.3 Å². The van der Waals surface area contributed by atoms with Crippen molar-refractivity contribution in [3.8, 4) is 0 Å². The molecule has 0 amide bonds. The van der Waals surface area contributed by atoms with Crippen molar-refractivity contribution in [1.29, 1.82) is 0 Å². The van der Waals surface area contributed by atoms with Crippen LogP contribution < -0.4 is 0 Å². The lowest BCUT2D eigenvalue weighted by atomic mass is 9.87. The summed E-state index contributed by atoms with van der Waals surface area (Å²) in [5, 5.41) is -0.0564. The van der Waals surface area contributed by atoms with Gasteiger partial charge in [-0.05, 0) is 49.8 Å². The summed E-state index contributed by atoms with van der Waals surface area (Å²) < 4.78 is 2.42. The second kappa shape index (κ2) is 4.77. The molecule has 0 saturated heterocycles. The number of fused-ring (bicyclic) bond motifs is 1. The van der Waals surface area contributed by atoms with Crippen molar-refractivity contribution in [2.75, 3.05) is 0 Å². The average Bonchev–Trinajstić information content (AvgIpc) is 2.88. The number of halogens is 1. The smallest absolute Gasteiger partial charge is 0.127 e. The van der Waals surface area contributed by atoms with Gasteiger partial charge in [-0.3, -0.25) is 0 Å². The Morgan fingerprint density at radius 3 is 2.75 bits per heavy atom. The molecule has 0 aliphatic heterocycles. The van der Waals surface area contributed by atoms with Gasteiger partial charge >= 0.3 is 0 Å². The Bertz CT molecular complexity index is 640. The monoisotopic (exact) mass is 290 g/mol. The Kier molecular flexibility index (Phi) is 3.32. The largest absolute Gasteiger partial charge is 0.323 e. The predicted molar refractivity (Wildman–Crippen MR) is 85.4 cm³/mol. The Hall–Kier alpha value is -1.02. The molecular weight excluding hydrogens is 268 g/mol. The van der Waals surface area contributed by atoms with Gasteiger partial charge in [-0.2, -0.15) is 0 Å². The molecule has 1 heterocycles. The van der Waals surface area contributed by atoms with E-state index in [9.17, 15) is 0 Å². The molecule has 2 nitrogen and oxygen atoms in total. The lowest BCUT2D eigenvalue weighted by Gasteiger charge is -2.30. The highest BCUT2D eigenvalue weighted by atomic mass is 35.5. The van der Waals surface area contributed by atoms with Crippen LogP contribution in [0.15, 0.2) is 18.2 Å². The molecule has 1 saturated carbocycles. The third-order valence-electron chi connectivity index (χ3n) is 4.74. The van der Waals surface area contributed by atoms with Crippen LogP contribution in [0, 0.1) is 12.3 Å². The fourth-order valence-corrected chi connectivity index (χ4v) is 3.77. The fourth-order valence-electron chi connectivity index (χ4n) is 3.62. The lowest BCUT2D eigenvalue weighted by Crippen LogP contribution is -2.23. The predicted octanol–water partition coefficient (Wildman–Crippen LogP) is 5.40. The molecule has 108 valence electrons. The standard InChI is InChI=1S/C17H23ClN2/c1-11-7-8-13-14(10-11)20(16(19-13)12(2)18)15-6-5-9-17(15,3)4/h7-8,10,12,15H,5-6,9H2,1-4H3. The zero-order valence-electron chi connectivity index (χ0n) is 12.8. The van der Waals surface area contributed by atoms with E-state index in [0.717, 1.165) is 11.3 Å². The Morgan fingerprint density at radius 1 is 1.40 bits per heavy atom. The third kappa shape index (κ3) is 2.14. The van der Waals surface area contributed by atoms with Gasteiger partial charge in [0, 0.05) is 6.04 Å². The maximum Gasteiger partial charge on any atom is 0.127 e. The van der Waals surface area contributed by atoms with Gasteiger partial charge in [0.25, 0.3) is 0 Å². The van der Waals surface area contributed by atoms with E-state index in [1.54, 1.807) is 0 Å². The third-order valence-corrected chi connectivity index (χ3v) is 4.94. The lowest BCUT2D eigenvalue weighted by molar-refractivity contribution is 0.261. The molecule has 0 bridgehead atoms. The number of aryl methyl sites for hydroxylation is 1. The molecule has 0 radical (unpaired) electrons. The zero-order valence-corrected chi connectivity index (χ0v) is 13.5. The average molecular weight is 291 g/mol. The highest BCUT2D eigenvalue weighted by Crippen LogP contribution is 2.48. The molecular formula is C17H23ClN2. The summed E-state index contributed by atoms with van der Waals surface area (Å²) in [6, 6.07) is 7.00. The van der Waals surface area contributed by atoms with Gasteiger partial charge in [0.05, 0.1) is 16.4 Å². The summed E-state index contributed by atoms with van der Waals surface area (Å²) in [6.45, 7) is 8.90. The molecule has 1 aromatic carbocycles. The number of alkyl halides is 1. The maximum atomic E-state index is 6.41. The number of nitrogens with zero attached hydrogens (tertiary/aromatic N) is 2. The van der Waals surface area contributed by atoms with Gasteiger partial charge in [-0.1, -0.05) is 26.3 Å². The van der Waals surface area contributed by atoms with Crippen LogP contribution in [0.2, 0.25) is 0 Å². The SMILES string of the molecule is Cc1ccc2nc(C(C)Cl)n(C3CCCC3(C)C)c2c1. The fraction of sp³-hybridized carbons (Fsp3) is 0.588. The van der Waals surface area contributed by atoms with Crippen molar-refractivity contribution >= 4 is 22.6 Å². The van der Waals surface area contributed by atoms with E-state index < -0.39 is 0 Å². The normalized spacial score (nSPS) is 23.4. The minimum Gasteiger partial charge on any atom is -0.323 e. The van der Waals surface area contributed by atoms with Crippen LogP contribution in [0.25, 0.3) is 11.0 Å². The van der Waals surface area contributed by atoms with Gasteiger partial charge in [0.15, 0.2) is 0 Å². The summed E-state index contributed by atoms with van der Waals surface area (Å²) in [7, 11) is 0. The molecule has 0 N–H and O–H groups in total. The molecule has 2 aromatic rings. The summed E-state index contributed by atoms with van der Waals surface area (Å²) in [4.78, 5) is 4.79. The van der Waals surface area contributed by atoms with Crippen LogP contribution in [0.3, 0.4) is 0 Å². The first kappa shape index (κ1) is 13.9. The molecule has 1 aliphatic carbocycles. The maximum absolute atomic E-state index is 6.41. The molecule has 2 unspecified atom stereocenters. The van der Waals surface area contributed by atoms with E-state index in [2.05, 4.69) is 43.5 Å². The first-order valence-electron chi connectivity index (χ1n) is 7.53. The topological polar surface area (TPSA) is 17.8 Å². The molecule has 3 heteroatoms. The first-order chi connectivity index (χ1) is 9.40. The van der Waals surface area contributed by atoms with Crippen LogP contribution >= 0.6 is 11.6 Å². The number of hydrogen-bond donors (Lipinski definition) is 0. The van der Waals surface area contributed by atoms with E-state index in [4.69, 9.17) is 16.6 Å². The number of imidazole rings is 1. The first-order valence-corrected chi connectivity index (χ1v) is 7.96. The van der Waals surface area contributed by atoms with E-state index in [1.807, 2.05) is 6.92 Å². The summed E-state index contributed by atoms with van der Waals surface area (Å²) in [6.07, 6.45) is 3.79. The van der Waals surface area contributed by atoms with Crippen molar-refractivity contribution in [3.05, 3.63) is 29.6 Å². The van der Waals surface area contributed by atoms with E-state index >= 15 is 0 Å². The van der Waals surface area contributed by atoms with Crippen LogP contribution in [0.1, 0.15) is 62.8 Å². The Morgan fingerprint density at radius 2 is 2.15 bits per heavy atom. The number of rotatable bonds is 2. The van der Waals surface area contributed by atoms with Gasteiger partial charge in [-0.25, -0.2) is 4.98 Å². The minimum absolute atomic E-state index is 0.0564. The van der Waals surface area contributed by atoms with Crippen LogP contribution in [-0.2, 0) is 0 Å². The van der Waals surface area contributed by atoms with Crippen molar-refractivity contribution in [2.45, 2.75) is 58.4 Å². The van der Waals surface area contributed by atoms with Crippen LogP contribution in [0.5, 0.6) is 0 Å². The molecule has 1 fully saturated rings. The van der Waals surface area contributed by atoms with E-state index in [-0.39, 0.29) is 5.38 Å². The number of aromatic nitrogens is 2. The Balaban J connectivity index is 2.26. The molecule has 20 heavy (non-hydrogen) atoms. The van der Waals surface area contributed by atoms with Crippen molar-refractivity contribution in [1.82, 2.24) is 9.55 Å². The molecule has 3 rings (SSSR count). The van der Waals surface area contributed by atoms with Gasteiger partial charge < -0.3 is 4.57 Å². The molecule has 2 atom stereocenters.